The molecule has 0 unspecified atom stereocenters. The summed E-state index contributed by atoms with van der Waals surface area (Å²) in [6.07, 6.45) is 0. The van der Waals surface area contributed by atoms with Crippen LogP contribution in [0.25, 0.3) is 0 Å². The third kappa shape index (κ3) is 2.67. The van der Waals surface area contributed by atoms with E-state index in [1.165, 1.54) is 19.1 Å². The molecule has 0 bridgehead atoms. The molecule has 0 heterocycles. The average Bonchev–Trinajstić information content (AvgIpc) is 2.13. The highest BCUT2D eigenvalue weighted by Gasteiger charge is 2.11. The summed E-state index contributed by atoms with van der Waals surface area (Å²) in [5.41, 5.74) is 0. The van der Waals surface area contributed by atoms with E-state index in [1.54, 1.807) is 0 Å². The summed E-state index contributed by atoms with van der Waals surface area (Å²) in [4.78, 5) is 19.3. The van der Waals surface area contributed by atoms with Gasteiger partial charge in [0.25, 0.3) is 0 Å². The lowest BCUT2D eigenvalue weighted by Crippen LogP contribution is -2.03. The van der Waals surface area contributed by atoms with Gasteiger partial charge in [-0.2, -0.15) is 0 Å². The van der Waals surface area contributed by atoms with Gasteiger partial charge in [0.15, 0.2) is 5.75 Å². The molecular weight excluding hydrogens is 250 g/mol. The molecule has 14 heavy (non-hydrogen) atoms. The van der Waals surface area contributed by atoms with Crippen molar-refractivity contribution >= 4 is 40.8 Å². The molecular formula is C8H5Cl3O3. The summed E-state index contributed by atoms with van der Waals surface area (Å²) < 4.78 is 0. The fourth-order valence-electron chi connectivity index (χ4n) is 0.676. The zero-order valence-electron chi connectivity index (χ0n) is 7.01. The van der Waals surface area contributed by atoms with Gasteiger partial charge in [-0.3, -0.25) is 9.78 Å². The smallest absolute Gasteiger partial charge is 0.285 e. The van der Waals surface area contributed by atoms with Crippen LogP contribution in [0.2, 0.25) is 15.1 Å². The molecule has 0 fully saturated rings. The highest BCUT2D eigenvalue weighted by molar-refractivity contribution is 6.48. The molecule has 0 atom stereocenters. The van der Waals surface area contributed by atoms with Gasteiger partial charge in [-0.15, -0.1) is 0 Å². The third-order valence-electron chi connectivity index (χ3n) is 1.25. The number of benzene rings is 1. The Morgan fingerprint density at radius 1 is 1.21 bits per heavy atom. The Hall–Kier alpha value is -0.640. The van der Waals surface area contributed by atoms with Gasteiger partial charge in [0.2, 0.25) is 0 Å². The summed E-state index contributed by atoms with van der Waals surface area (Å²) in [5.74, 6) is -0.455. The summed E-state index contributed by atoms with van der Waals surface area (Å²) in [7, 11) is 0. The molecule has 3 nitrogen and oxygen atoms in total. The van der Waals surface area contributed by atoms with Crippen LogP contribution in [0.5, 0.6) is 5.75 Å². The van der Waals surface area contributed by atoms with Gasteiger partial charge in [-0.25, -0.2) is 4.79 Å². The van der Waals surface area contributed by atoms with Crippen molar-refractivity contribution in [2.75, 3.05) is 0 Å². The topological polar surface area (TPSA) is 35.5 Å². The van der Waals surface area contributed by atoms with Gasteiger partial charge in [0.05, 0.1) is 10.0 Å². The lowest BCUT2D eigenvalue weighted by atomic mass is 10.3. The Morgan fingerprint density at radius 2 is 1.86 bits per heavy atom. The van der Waals surface area contributed by atoms with E-state index in [-0.39, 0.29) is 15.8 Å². The second-order valence-corrected chi connectivity index (χ2v) is 3.49. The number of carbonyl (C=O) groups is 1. The first kappa shape index (κ1) is 11.4. The molecule has 0 aliphatic rings. The van der Waals surface area contributed by atoms with Crippen LogP contribution in [0.1, 0.15) is 6.92 Å². The molecule has 0 saturated carbocycles. The fourth-order valence-corrected chi connectivity index (χ4v) is 1.23. The summed E-state index contributed by atoms with van der Waals surface area (Å²) in [5, 5.41) is 0.547. The second-order valence-electron chi connectivity index (χ2n) is 2.33. The quantitative estimate of drug-likeness (QED) is 0.461. The van der Waals surface area contributed by atoms with Gasteiger partial charge in [0, 0.05) is 6.92 Å². The lowest BCUT2D eigenvalue weighted by Gasteiger charge is -2.05. The highest BCUT2D eigenvalue weighted by atomic mass is 35.5. The standard InChI is InChI=1S/C8H5Cl3O3/c1-4(12)13-14-6-3-2-5(9)7(10)8(6)11/h2-3H,1H3. The number of halogens is 3. The van der Waals surface area contributed by atoms with Crippen LogP contribution in [0.3, 0.4) is 0 Å². The van der Waals surface area contributed by atoms with E-state index in [4.69, 9.17) is 34.8 Å². The van der Waals surface area contributed by atoms with E-state index in [2.05, 4.69) is 9.78 Å². The molecule has 6 heteroatoms. The van der Waals surface area contributed by atoms with Gasteiger partial charge in [-0.1, -0.05) is 34.8 Å². The second kappa shape index (κ2) is 4.73. The first-order chi connectivity index (χ1) is 6.52. The van der Waals surface area contributed by atoms with Crippen LogP contribution in [0.4, 0.5) is 0 Å². The predicted octanol–water partition coefficient (Wildman–Crippen LogP) is 3.50. The van der Waals surface area contributed by atoms with Crippen molar-refractivity contribution in [1.29, 1.82) is 0 Å². The minimum atomic E-state index is -0.591. The maximum Gasteiger partial charge on any atom is 0.352 e. The monoisotopic (exact) mass is 254 g/mol. The molecule has 1 aromatic carbocycles. The fraction of sp³-hybridized carbons (Fsp3) is 0.125. The van der Waals surface area contributed by atoms with Crippen molar-refractivity contribution in [2.24, 2.45) is 0 Å². The largest absolute Gasteiger partial charge is 0.352 e. The summed E-state index contributed by atoms with van der Waals surface area (Å²) in [6, 6.07) is 2.92. The van der Waals surface area contributed by atoms with Crippen molar-refractivity contribution in [3.8, 4) is 5.75 Å². The van der Waals surface area contributed by atoms with Crippen molar-refractivity contribution in [2.45, 2.75) is 6.92 Å². The van der Waals surface area contributed by atoms with Crippen LogP contribution in [-0.2, 0) is 9.68 Å². The maximum atomic E-state index is 10.4. The zero-order chi connectivity index (χ0) is 10.7. The van der Waals surface area contributed by atoms with Crippen LogP contribution >= 0.6 is 34.8 Å². The first-order valence-corrected chi connectivity index (χ1v) is 4.64. The summed E-state index contributed by atoms with van der Waals surface area (Å²) >= 11 is 17.1. The van der Waals surface area contributed by atoms with E-state index in [0.29, 0.717) is 5.02 Å². The molecule has 1 aromatic rings. The zero-order valence-corrected chi connectivity index (χ0v) is 9.28. The molecule has 1 rings (SSSR count). The maximum absolute atomic E-state index is 10.4. The van der Waals surface area contributed by atoms with E-state index < -0.39 is 5.97 Å². The molecule has 0 aliphatic carbocycles. The molecule has 0 N–H and O–H groups in total. The van der Waals surface area contributed by atoms with Gasteiger partial charge in [-0.05, 0) is 12.1 Å². The minimum Gasteiger partial charge on any atom is -0.285 e. The number of rotatable bonds is 2. The van der Waals surface area contributed by atoms with Crippen LogP contribution < -0.4 is 4.89 Å². The molecule has 0 aromatic heterocycles. The predicted molar refractivity (Wildman–Crippen MR) is 53.9 cm³/mol. The third-order valence-corrected chi connectivity index (χ3v) is 2.52. The Kier molecular flexibility index (Phi) is 3.86. The van der Waals surface area contributed by atoms with Crippen LogP contribution in [-0.4, -0.2) is 5.97 Å². The van der Waals surface area contributed by atoms with E-state index >= 15 is 0 Å². The molecule has 0 saturated heterocycles. The normalized spacial score (nSPS) is 9.71. The van der Waals surface area contributed by atoms with Gasteiger partial charge < -0.3 is 0 Å². The van der Waals surface area contributed by atoms with Crippen molar-refractivity contribution in [3.63, 3.8) is 0 Å². The lowest BCUT2D eigenvalue weighted by molar-refractivity contribution is -0.210. The Bertz CT molecular complexity index is 365. The van der Waals surface area contributed by atoms with E-state index in [0.717, 1.165) is 0 Å². The van der Waals surface area contributed by atoms with Gasteiger partial charge in [0.1, 0.15) is 5.02 Å². The molecule has 0 aliphatic heterocycles. The molecule has 0 amide bonds. The molecule has 0 spiro atoms. The first-order valence-electron chi connectivity index (χ1n) is 3.51. The Labute approximate surface area is 95.4 Å². The summed E-state index contributed by atoms with van der Waals surface area (Å²) in [6.45, 7) is 1.20. The van der Waals surface area contributed by atoms with E-state index in [1.807, 2.05) is 0 Å². The minimum absolute atomic E-state index is 0.0976. The molecule has 0 radical (unpaired) electrons. The number of hydrogen-bond acceptors (Lipinski definition) is 3. The SMILES string of the molecule is CC(=O)OOc1ccc(Cl)c(Cl)c1Cl. The average molecular weight is 255 g/mol. The van der Waals surface area contributed by atoms with Gasteiger partial charge >= 0.3 is 5.97 Å². The van der Waals surface area contributed by atoms with E-state index in [9.17, 15) is 4.79 Å². The van der Waals surface area contributed by atoms with Crippen molar-refractivity contribution in [3.05, 3.63) is 27.2 Å². The van der Waals surface area contributed by atoms with Crippen molar-refractivity contribution < 1.29 is 14.6 Å². The highest BCUT2D eigenvalue weighted by Crippen LogP contribution is 2.37. The number of hydrogen-bond donors (Lipinski definition) is 0. The van der Waals surface area contributed by atoms with Crippen molar-refractivity contribution in [1.82, 2.24) is 0 Å². The Morgan fingerprint density at radius 3 is 2.43 bits per heavy atom. The Balaban J connectivity index is 2.88. The molecule has 76 valence electrons. The van der Waals surface area contributed by atoms with Crippen LogP contribution in [0, 0.1) is 0 Å². The van der Waals surface area contributed by atoms with Crippen LogP contribution in [0.15, 0.2) is 12.1 Å². The number of carbonyl (C=O) groups excluding carboxylic acids is 1.